The highest BCUT2D eigenvalue weighted by molar-refractivity contribution is 6.09. The summed E-state index contributed by atoms with van der Waals surface area (Å²) in [6.07, 6.45) is 0.175. The topological polar surface area (TPSA) is 126 Å². The van der Waals surface area contributed by atoms with Gasteiger partial charge >= 0.3 is 0 Å². The Bertz CT molecular complexity index is 2350. The molecule has 6 aliphatic rings. The van der Waals surface area contributed by atoms with Crippen LogP contribution >= 0.6 is 0 Å². The number of fused-ring (bicyclic) bond motifs is 12. The summed E-state index contributed by atoms with van der Waals surface area (Å²) in [5.74, 6) is 6.17. The molecule has 0 amide bonds. The Labute approximate surface area is 348 Å². The number of hydrogen-bond donors (Lipinski definition) is 0. The predicted octanol–water partition coefficient (Wildman–Crippen LogP) is 7.75. The van der Waals surface area contributed by atoms with Crippen molar-refractivity contribution in [2.45, 2.75) is 75.8 Å². The lowest BCUT2D eigenvalue weighted by atomic mass is 9.68. The minimum atomic E-state index is -0.901. The Balaban J connectivity index is 0.000000154. The van der Waals surface area contributed by atoms with Gasteiger partial charge in [-0.15, -0.1) is 0 Å². The summed E-state index contributed by atoms with van der Waals surface area (Å²) < 4.78 is 58.5. The first-order chi connectivity index (χ1) is 28.8. The van der Waals surface area contributed by atoms with Gasteiger partial charge in [0.1, 0.15) is 72.1 Å². The number of rotatable bonds is 6. The molecule has 12 nitrogen and oxygen atoms in total. The fourth-order valence-corrected chi connectivity index (χ4v) is 9.23. The Morgan fingerprint density at radius 2 is 0.933 bits per heavy atom. The van der Waals surface area contributed by atoms with Crippen LogP contribution in [0.3, 0.4) is 0 Å². The van der Waals surface area contributed by atoms with Gasteiger partial charge in [-0.05, 0) is 75.2 Å². The van der Waals surface area contributed by atoms with Crippen molar-refractivity contribution in [2.24, 2.45) is 0 Å². The van der Waals surface area contributed by atoms with E-state index in [9.17, 15) is 9.59 Å². The van der Waals surface area contributed by atoms with Crippen LogP contribution in [0.4, 0.5) is 0 Å². The molecule has 12 heteroatoms. The first-order valence-corrected chi connectivity index (χ1v) is 19.9. The summed E-state index contributed by atoms with van der Waals surface area (Å²) >= 11 is 0. The molecule has 0 aromatic heterocycles. The average Bonchev–Trinajstić information content (AvgIpc) is 3.91. The zero-order chi connectivity index (χ0) is 42.4. The first-order valence-electron chi connectivity index (χ1n) is 19.9. The number of ether oxygens (including phenoxy) is 10. The van der Waals surface area contributed by atoms with Crippen molar-refractivity contribution in [3.8, 4) is 57.5 Å². The highest BCUT2D eigenvalue weighted by Crippen LogP contribution is 2.54. The molecular formula is C48H48O12. The second-order valence-electron chi connectivity index (χ2n) is 16.5. The monoisotopic (exact) mass is 816 g/mol. The van der Waals surface area contributed by atoms with Crippen molar-refractivity contribution < 1.29 is 57.0 Å². The molecule has 4 aromatic rings. The highest BCUT2D eigenvalue weighted by atomic mass is 16.6. The van der Waals surface area contributed by atoms with E-state index >= 15 is 0 Å². The van der Waals surface area contributed by atoms with E-state index < -0.39 is 23.0 Å². The normalized spacial score (nSPS) is 25.5. The van der Waals surface area contributed by atoms with Gasteiger partial charge in [0.15, 0.2) is 34.6 Å². The van der Waals surface area contributed by atoms with E-state index in [1.54, 1.807) is 52.7 Å². The number of benzene rings is 4. The molecule has 6 aliphatic heterocycles. The number of hydrogen-bond acceptors (Lipinski definition) is 12. The van der Waals surface area contributed by atoms with E-state index in [0.29, 0.717) is 70.0 Å². The van der Waals surface area contributed by atoms with Gasteiger partial charge in [-0.3, -0.25) is 9.59 Å². The summed E-state index contributed by atoms with van der Waals surface area (Å²) in [7, 11) is 6.29. The van der Waals surface area contributed by atoms with Crippen molar-refractivity contribution in [2.75, 3.05) is 41.7 Å². The second kappa shape index (κ2) is 14.2. The number of carbonyl (C=O) groups excluding carboxylic acids is 2. The molecule has 0 fully saturated rings. The van der Waals surface area contributed by atoms with Crippen LogP contribution in [0.15, 0.2) is 72.8 Å². The maximum atomic E-state index is 13.8. The van der Waals surface area contributed by atoms with Crippen LogP contribution in [0.5, 0.6) is 57.5 Å². The largest absolute Gasteiger partial charge is 0.493 e. The second-order valence-corrected chi connectivity index (χ2v) is 16.5. The van der Waals surface area contributed by atoms with Crippen LogP contribution in [-0.2, 0) is 23.7 Å². The average molecular weight is 817 g/mol. The molecule has 0 bridgehead atoms. The van der Waals surface area contributed by atoms with Gasteiger partial charge in [0.05, 0.1) is 50.4 Å². The van der Waals surface area contributed by atoms with E-state index in [1.165, 1.54) is 0 Å². The Morgan fingerprint density at radius 3 is 1.28 bits per heavy atom. The van der Waals surface area contributed by atoms with Gasteiger partial charge in [0.25, 0.3) is 0 Å². The van der Waals surface area contributed by atoms with Gasteiger partial charge in [0, 0.05) is 47.2 Å². The minimum absolute atomic E-state index is 0.00657. The van der Waals surface area contributed by atoms with Gasteiger partial charge < -0.3 is 47.4 Å². The minimum Gasteiger partial charge on any atom is -0.493 e. The van der Waals surface area contributed by atoms with E-state index in [-0.39, 0.29) is 37.0 Å². The van der Waals surface area contributed by atoms with Gasteiger partial charge in [0.2, 0.25) is 0 Å². The zero-order valence-electron chi connectivity index (χ0n) is 35.1. The third-order valence-electron chi connectivity index (χ3n) is 13.0. The lowest BCUT2D eigenvalue weighted by Crippen LogP contribution is -2.55. The van der Waals surface area contributed by atoms with Crippen LogP contribution < -0.4 is 47.4 Å². The molecule has 0 N–H and O–H groups in total. The Kier molecular flexibility index (Phi) is 9.25. The van der Waals surface area contributed by atoms with Gasteiger partial charge in [-0.2, -0.15) is 0 Å². The molecule has 6 heterocycles. The number of carbonyl (C=O) groups is 2. The number of Topliss-reactive ketones (excluding diaryl/α,β-unsaturated/α-hetero) is 2. The molecule has 0 spiro atoms. The van der Waals surface area contributed by atoms with Gasteiger partial charge in [-0.1, -0.05) is 13.2 Å². The molecule has 0 unspecified atom stereocenters. The standard InChI is InChI=1S/2C24H24O6/c2*1-12(2)17-8-14-16(29-17)7-6-13-22(14)30-21-11-28-18-10-20(27-5)19(26-4)9-15(18)24(21,3)23(13)25/h2*6-7,9-10,17,21H,1,8,11H2,2-5H3/t17-,21+,24+;17-,21-,24-/m11/s1. The summed E-state index contributed by atoms with van der Waals surface area (Å²) in [5, 5.41) is 0. The molecule has 312 valence electrons. The molecule has 0 radical (unpaired) electrons. The maximum Gasteiger partial charge on any atom is 0.180 e. The Hall–Kier alpha value is -6.30. The van der Waals surface area contributed by atoms with Crippen molar-refractivity contribution in [1.29, 1.82) is 0 Å². The SMILES string of the molecule is C=C(C)[C@H]1Cc2c(ccc3c2O[C@@H]2COc4cc(OC)c(OC)cc4[C@@]2(C)C3=O)O1.C=C(C)[C@H]1Cc2c(ccc3c2O[C@H]2COc4cc(OC)c(OC)cc4[C@]2(C)C3=O)O1. The van der Waals surface area contributed by atoms with Crippen LogP contribution in [0.2, 0.25) is 0 Å². The highest BCUT2D eigenvalue weighted by Gasteiger charge is 2.56. The fraction of sp³-hybridized carbons (Fsp3) is 0.375. The van der Waals surface area contributed by atoms with E-state index in [4.69, 9.17) is 47.4 Å². The maximum absolute atomic E-state index is 13.8. The molecular weight excluding hydrogens is 769 g/mol. The van der Waals surface area contributed by atoms with E-state index in [2.05, 4.69) is 13.2 Å². The van der Waals surface area contributed by atoms with Gasteiger partial charge in [-0.25, -0.2) is 0 Å². The molecule has 60 heavy (non-hydrogen) atoms. The smallest absolute Gasteiger partial charge is 0.180 e. The summed E-state index contributed by atoms with van der Waals surface area (Å²) in [6, 6.07) is 14.5. The lowest BCUT2D eigenvalue weighted by molar-refractivity contribution is 0.0265. The lowest BCUT2D eigenvalue weighted by Gasteiger charge is -2.44. The van der Waals surface area contributed by atoms with Crippen LogP contribution in [0, 0.1) is 0 Å². The molecule has 6 atom stereocenters. The molecule has 10 rings (SSSR count). The molecule has 0 aliphatic carbocycles. The molecule has 0 saturated heterocycles. The fourth-order valence-electron chi connectivity index (χ4n) is 9.23. The predicted molar refractivity (Wildman–Crippen MR) is 221 cm³/mol. The third-order valence-corrected chi connectivity index (χ3v) is 13.0. The van der Waals surface area contributed by atoms with Crippen LogP contribution in [0.25, 0.3) is 0 Å². The first kappa shape index (κ1) is 39.2. The van der Waals surface area contributed by atoms with E-state index in [1.807, 2.05) is 52.0 Å². The van der Waals surface area contributed by atoms with Crippen molar-refractivity contribution in [3.05, 3.63) is 106 Å². The summed E-state index contributed by atoms with van der Waals surface area (Å²) in [6.45, 7) is 16.2. The zero-order valence-corrected chi connectivity index (χ0v) is 35.1. The van der Waals surface area contributed by atoms with Crippen molar-refractivity contribution in [3.63, 3.8) is 0 Å². The number of ketones is 2. The molecule has 4 aromatic carbocycles. The molecule has 0 saturated carbocycles. The number of methoxy groups -OCH3 is 4. The Morgan fingerprint density at radius 1 is 0.567 bits per heavy atom. The van der Waals surface area contributed by atoms with Crippen molar-refractivity contribution in [1.82, 2.24) is 0 Å². The summed E-state index contributed by atoms with van der Waals surface area (Å²) in [5.41, 5.74) is 4.56. The third kappa shape index (κ3) is 5.63. The van der Waals surface area contributed by atoms with Crippen LogP contribution in [-0.4, -0.2) is 77.6 Å². The van der Waals surface area contributed by atoms with E-state index in [0.717, 1.165) is 44.9 Å². The summed E-state index contributed by atoms with van der Waals surface area (Å²) in [4.78, 5) is 27.7. The quantitative estimate of drug-likeness (QED) is 0.177. The van der Waals surface area contributed by atoms with Crippen molar-refractivity contribution >= 4 is 11.6 Å². The van der Waals surface area contributed by atoms with Crippen LogP contribution in [0.1, 0.15) is 70.7 Å².